The van der Waals surface area contributed by atoms with Gasteiger partial charge in [0.1, 0.15) is 6.04 Å². The third-order valence-corrected chi connectivity index (χ3v) is 4.49. The zero-order valence-electron chi connectivity index (χ0n) is 11.2. The Bertz CT molecular complexity index is 593. The van der Waals surface area contributed by atoms with Crippen molar-refractivity contribution in [2.24, 2.45) is 0 Å². The lowest BCUT2D eigenvalue weighted by molar-refractivity contribution is -0.142. The molecule has 0 spiro atoms. The van der Waals surface area contributed by atoms with E-state index in [0.717, 1.165) is 0 Å². The zero-order valence-corrected chi connectivity index (χ0v) is 12.1. The van der Waals surface area contributed by atoms with Crippen LogP contribution >= 0.6 is 0 Å². The summed E-state index contributed by atoms with van der Waals surface area (Å²) in [6.45, 7) is 1.59. The molecule has 0 aliphatic carbocycles. The first kappa shape index (κ1) is 16.1. The quantitative estimate of drug-likeness (QED) is 0.794. The molecule has 7 heteroatoms. The fourth-order valence-electron chi connectivity index (χ4n) is 1.64. The summed E-state index contributed by atoms with van der Waals surface area (Å²) < 4.78 is 31.0. The van der Waals surface area contributed by atoms with Crippen LogP contribution in [0.25, 0.3) is 0 Å². The van der Waals surface area contributed by atoms with Crippen molar-refractivity contribution in [2.45, 2.75) is 24.6 Å². The van der Waals surface area contributed by atoms with Gasteiger partial charge in [-0.15, -0.1) is 0 Å². The van der Waals surface area contributed by atoms with Crippen molar-refractivity contribution in [2.75, 3.05) is 7.11 Å². The molecule has 0 aromatic heterocycles. The van der Waals surface area contributed by atoms with Crippen LogP contribution in [0.15, 0.2) is 30.3 Å². The first-order valence-corrected chi connectivity index (χ1v) is 7.54. The van der Waals surface area contributed by atoms with Crippen molar-refractivity contribution in [3.05, 3.63) is 35.9 Å². The average Bonchev–Trinajstić information content (AvgIpc) is 2.46. The Labute approximate surface area is 118 Å². The predicted octanol–water partition coefficient (Wildman–Crippen LogP) is 1.12. The molecule has 2 unspecified atom stereocenters. The van der Waals surface area contributed by atoms with Gasteiger partial charge in [-0.1, -0.05) is 37.3 Å². The molecule has 0 heterocycles. The van der Waals surface area contributed by atoms with Gasteiger partial charge in [0, 0.05) is 0 Å². The number of ether oxygens (including phenoxy) is 1. The van der Waals surface area contributed by atoms with Crippen molar-refractivity contribution in [3.63, 3.8) is 0 Å². The summed E-state index contributed by atoms with van der Waals surface area (Å²) in [5, 5.41) is 7.65. The van der Waals surface area contributed by atoms with Crippen LogP contribution in [0.5, 0.6) is 0 Å². The molecular weight excluding hydrogens is 280 g/mol. The fourth-order valence-corrected chi connectivity index (χ4v) is 2.94. The lowest BCUT2D eigenvalue weighted by Crippen LogP contribution is -2.39. The van der Waals surface area contributed by atoms with Crippen LogP contribution < -0.4 is 4.72 Å². The Morgan fingerprint density at radius 3 is 2.45 bits per heavy atom. The summed E-state index contributed by atoms with van der Waals surface area (Å²) in [6.07, 6.45) is 0.133. The van der Waals surface area contributed by atoms with E-state index < -0.39 is 27.3 Å². The van der Waals surface area contributed by atoms with Crippen molar-refractivity contribution >= 4 is 16.0 Å². The minimum atomic E-state index is -3.94. The highest BCUT2D eigenvalue weighted by Gasteiger charge is 2.31. The summed E-state index contributed by atoms with van der Waals surface area (Å²) in [7, 11) is -2.76. The van der Waals surface area contributed by atoms with E-state index in [2.05, 4.69) is 9.46 Å². The molecular formula is C13H16N2O4S. The van der Waals surface area contributed by atoms with E-state index in [9.17, 15) is 13.2 Å². The van der Waals surface area contributed by atoms with Crippen LogP contribution in [0.4, 0.5) is 0 Å². The maximum atomic E-state index is 12.1. The fraction of sp³-hybridized carbons (Fsp3) is 0.385. The van der Waals surface area contributed by atoms with E-state index in [4.69, 9.17) is 5.26 Å². The number of hydrogen-bond donors (Lipinski definition) is 1. The van der Waals surface area contributed by atoms with Crippen molar-refractivity contribution < 1.29 is 17.9 Å². The molecule has 0 amide bonds. The molecule has 0 saturated carbocycles. The number of esters is 1. The highest BCUT2D eigenvalue weighted by atomic mass is 32.2. The van der Waals surface area contributed by atoms with E-state index in [1.165, 1.54) is 7.11 Å². The number of carbonyl (C=O) groups is 1. The maximum Gasteiger partial charge on any atom is 0.328 e. The predicted molar refractivity (Wildman–Crippen MR) is 72.9 cm³/mol. The zero-order chi connectivity index (χ0) is 15.2. The average molecular weight is 296 g/mol. The van der Waals surface area contributed by atoms with Crippen LogP contribution in [0.3, 0.4) is 0 Å². The first-order chi connectivity index (χ1) is 9.46. The Morgan fingerprint density at radius 1 is 1.40 bits per heavy atom. The smallest absolute Gasteiger partial charge is 0.328 e. The van der Waals surface area contributed by atoms with E-state index in [-0.39, 0.29) is 6.42 Å². The third-order valence-electron chi connectivity index (χ3n) is 2.74. The number of nitriles is 1. The molecule has 0 bridgehead atoms. The highest BCUT2D eigenvalue weighted by molar-refractivity contribution is 7.90. The van der Waals surface area contributed by atoms with Gasteiger partial charge in [-0.3, -0.25) is 0 Å². The molecule has 1 N–H and O–H groups in total. The summed E-state index contributed by atoms with van der Waals surface area (Å²) >= 11 is 0. The van der Waals surface area contributed by atoms with Gasteiger partial charge in [-0.2, -0.15) is 9.98 Å². The summed E-state index contributed by atoms with van der Waals surface area (Å²) in [5.41, 5.74) is 0.454. The van der Waals surface area contributed by atoms with Crippen molar-refractivity contribution in [3.8, 4) is 6.07 Å². The van der Waals surface area contributed by atoms with Gasteiger partial charge in [0.25, 0.3) is 0 Å². The van der Waals surface area contributed by atoms with Gasteiger partial charge in [0.15, 0.2) is 5.25 Å². The Kier molecular flexibility index (Phi) is 5.67. The molecule has 1 aromatic carbocycles. The highest BCUT2D eigenvalue weighted by Crippen LogP contribution is 2.17. The van der Waals surface area contributed by atoms with Gasteiger partial charge in [-0.05, 0) is 12.0 Å². The lowest BCUT2D eigenvalue weighted by atomic mass is 10.1. The second-order valence-electron chi connectivity index (χ2n) is 4.06. The van der Waals surface area contributed by atoms with Crippen LogP contribution in [0.2, 0.25) is 0 Å². The van der Waals surface area contributed by atoms with E-state index in [1.54, 1.807) is 43.3 Å². The van der Waals surface area contributed by atoms with E-state index >= 15 is 0 Å². The Morgan fingerprint density at radius 2 is 2.00 bits per heavy atom. The Balaban J connectivity index is 3.10. The molecule has 108 valence electrons. The number of nitrogens with one attached hydrogen (secondary N) is 1. The molecule has 0 radical (unpaired) electrons. The standard InChI is InChI=1S/C13H16N2O4S/c1-3-11(9-14)20(17,18)15-12(13(16)19-2)10-7-5-4-6-8-10/h4-8,11-12,15H,3H2,1-2H3. The third kappa shape index (κ3) is 3.79. The monoisotopic (exact) mass is 296 g/mol. The van der Waals surface area contributed by atoms with Crippen LogP contribution in [0, 0.1) is 11.3 Å². The van der Waals surface area contributed by atoms with Crippen LogP contribution in [0.1, 0.15) is 24.9 Å². The van der Waals surface area contributed by atoms with Gasteiger partial charge in [0.05, 0.1) is 13.2 Å². The molecule has 2 atom stereocenters. The summed E-state index contributed by atoms with van der Waals surface area (Å²) in [6, 6.07) is 8.87. The van der Waals surface area contributed by atoms with Crippen molar-refractivity contribution in [1.82, 2.24) is 4.72 Å². The van der Waals surface area contributed by atoms with E-state index in [0.29, 0.717) is 5.56 Å². The molecule has 6 nitrogen and oxygen atoms in total. The molecule has 0 saturated heterocycles. The van der Waals surface area contributed by atoms with Crippen LogP contribution in [-0.4, -0.2) is 26.7 Å². The SMILES string of the molecule is CCC(C#N)S(=O)(=O)NC(C(=O)OC)c1ccccc1. The second-order valence-corrected chi connectivity index (χ2v) is 5.95. The van der Waals surface area contributed by atoms with Gasteiger partial charge in [-0.25, -0.2) is 13.2 Å². The normalized spacial score (nSPS) is 14.1. The number of rotatable bonds is 6. The van der Waals surface area contributed by atoms with Gasteiger partial charge in [0.2, 0.25) is 10.0 Å². The first-order valence-electron chi connectivity index (χ1n) is 5.99. The minimum Gasteiger partial charge on any atom is -0.468 e. The molecule has 20 heavy (non-hydrogen) atoms. The minimum absolute atomic E-state index is 0.133. The number of benzene rings is 1. The number of methoxy groups -OCH3 is 1. The van der Waals surface area contributed by atoms with Gasteiger partial charge >= 0.3 is 5.97 Å². The summed E-state index contributed by atoms with van der Waals surface area (Å²) in [5.74, 6) is -0.729. The molecule has 1 aromatic rings. The maximum absolute atomic E-state index is 12.1. The number of carbonyl (C=O) groups excluding carboxylic acids is 1. The second kappa shape index (κ2) is 7.03. The largest absolute Gasteiger partial charge is 0.468 e. The summed E-state index contributed by atoms with van der Waals surface area (Å²) in [4.78, 5) is 11.8. The topological polar surface area (TPSA) is 96.3 Å². The molecule has 1 rings (SSSR count). The number of nitrogens with zero attached hydrogens (tertiary/aromatic N) is 1. The van der Waals surface area contributed by atoms with Gasteiger partial charge < -0.3 is 4.74 Å². The molecule has 0 aliphatic rings. The van der Waals surface area contributed by atoms with Crippen molar-refractivity contribution in [1.29, 1.82) is 5.26 Å². The number of sulfonamides is 1. The van der Waals surface area contributed by atoms with E-state index in [1.807, 2.05) is 0 Å². The lowest BCUT2D eigenvalue weighted by Gasteiger charge is -2.18. The number of hydrogen-bond acceptors (Lipinski definition) is 5. The van der Waals surface area contributed by atoms with Crippen LogP contribution in [-0.2, 0) is 19.6 Å². The Hall–Kier alpha value is -1.91. The molecule has 0 aliphatic heterocycles. The molecule has 0 fully saturated rings.